The number of fused-ring (bicyclic) bond motifs is 4. The average molecular weight is 595 g/mol. The van der Waals surface area contributed by atoms with Gasteiger partial charge in [0.2, 0.25) is 0 Å². The second-order valence-electron chi connectivity index (χ2n) is 11.4. The van der Waals surface area contributed by atoms with Crippen molar-refractivity contribution in [3.8, 4) is 17.5 Å². The van der Waals surface area contributed by atoms with Crippen LogP contribution in [0.25, 0.3) is 22.1 Å². The first kappa shape index (κ1) is 27.1. The molecule has 3 aromatic heterocycles. The number of hydrogen-bond donors (Lipinski definition) is 2. The summed E-state index contributed by atoms with van der Waals surface area (Å²) in [6, 6.07) is 8.36. The Morgan fingerprint density at radius 3 is 2.57 bits per heavy atom. The van der Waals surface area contributed by atoms with Crippen LogP contribution < -0.4 is 25.4 Å². The molecule has 3 aliphatic rings. The third-order valence-corrected chi connectivity index (χ3v) is 9.15. The molecule has 222 valence electrons. The van der Waals surface area contributed by atoms with Crippen LogP contribution in [0.4, 0.5) is 11.8 Å². The molecule has 2 atom stereocenters. The molecule has 14 heteroatoms. The highest BCUT2D eigenvalue weighted by Crippen LogP contribution is 2.37. The van der Waals surface area contributed by atoms with Gasteiger partial charge in [0, 0.05) is 63.3 Å². The fourth-order valence-electron chi connectivity index (χ4n) is 6.13. The number of ether oxygens (including phenoxy) is 2. The first-order valence-corrected chi connectivity index (χ1v) is 16.4. The second kappa shape index (κ2) is 10.8. The number of hydrogen-bond acceptors (Lipinski definition) is 13. The van der Waals surface area contributed by atoms with Gasteiger partial charge in [0.1, 0.15) is 32.5 Å². The van der Waals surface area contributed by atoms with Gasteiger partial charge in [-0.2, -0.15) is 15.0 Å². The number of nitrogen functional groups attached to an aromatic ring is 1. The lowest BCUT2D eigenvalue weighted by molar-refractivity contribution is 0.0962. The third-order valence-electron chi connectivity index (χ3n) is 8.22. The number of pyridine rings is 1. The minimum absolute atomic E-state index is 0.0663. The number of likely N-dealkylation sites (tertiary alicyclic amines) is 1. The fraction of sp³-hybridized carbons (Fsp3) is 0.500. The molecule has 3 N–H and O–H groups in total. The fourth-order valence-corrected chi connectivity index (χ4v) is 6.72. The van der Waals surface area contributed by atoms with E-state index in [0.717, 1.165) is 57.7 Å². The lowest BCUT2D eigenvalue weighted by Gasteiger charge is -2.34. The van der Waals surface area contributed by atoms with Crippen LogP contribution in [0, 0.1) is 0 Å². The van der Waals surface area contributed by atoms with Crippen molar-refractivity contribution in [3.63, 3.8) is 0 Å². The summed E-state index contributed by atoms with van der Waals surface area (Å²) >= 11 is 0. The van der Waals surface area contributed by atoms with Crippen molar-refractivity contribution >= 4 is 43.8 Å². The van der Waals surface area contributed by atoms with Crippen LogP contribution >= 0.6 is 0 Å². The van der Waals surface area contributed by atoms with E-state index in [-0.39, 0.29) is 23.9 Å². The molecule has 42 heavy (non-hydrogen) atoms. The van der Waals surface area contributed by atoms with Gasteiger partial charge >= 0.3 is 6.01 Å². The predicted molar refractivity (Wildman–Crippen MR) is 158 cm³/mol. The summed E-state index contributed by atoms with van der Waals surface area (Å²) in [5, 5.41) is 3.67. The number of piperidine rings is 1. The quantitative estimate of drug-likeness (QED) is 0.306. The Balaban J connectivity index is 1.20. The summed E-state index contributed by atoms with van der Waals surface area (Å²) in [7, 11) is -3.00. The molecule has 4 aromatic rings. The van der Waals surface area contributed by atoms with Gasteiger partial charge < -0.3 is 34.7 Å². The number of oxazole rings is 1. The summed E-state index contributed by atoms with van der Waals surface area (Å²) in [4.78, 5) is 23.1. The summed E-state index contributed by atoms with van der Waals surface area (Å²) in [6.45, 7) is 3.68. The van der Waals surface area contributed by atoms with Crippen molar-refractivity contribution in [2.45, 2.75) is 43.9 Å². The first-order chi connectivity index (χ1) is 20.3. The Labute approximate surface area is 243 Å². The molecule has 3 aliphatic heterocycles. The SMILES string of the molecule is CS(=O)(=O)CCN1CCC(Oc2nc(N3CC4CCC(C3)N4)c3nccc(Oc4cccc5nc(N)oc45)c3n2)CC1. The number of anilines is 2. The van der Waals surface area contributed by atoms with Gasteiger partial charge in [-0.25, -0.2) is 8.42 Å². The third kappa shape index (κ3) is 5.65. The van der Waals surface area contributed by atoms with Crippen LogP contribution in [-0.2, 0) is 9.84 Å². The molecule has 0 saturated carbocycles. The van der Waals surface area contributed by atoms with E-state index in [4.69, 9.17) is 34.6 Å². The van der Waals surface area contributed by atoms with Crippen molar-refractivity contribution < 1.29 is 22.3 Å². The summed E-state index contributed by atoms with van der Waals surface area (Å²) in [6.07, 6.45) is 6.66. The average Bonchev–Trinajstić information content (AvgIpc) is 3.52. The van der Waals surface area contributed by atoms with E-state index in [9.17, 15) is 8.42 Å². The van der Waals surface area contributed by atoms with E-state index in [1.165, 1.54) is 6.26 Å². The lowest BCUT2D eigenvalue weighted by Crippen LogP contribution is -2.51. The standard InChI is InChI=1S/C28H34N8O5S/c1-42(37,38)14-13-35-11-8-19(9-12-35)39-28-33-23-21(40-22-4-2-3-20-25(22)41-27(29)32-20)7-10-30-24(23)26(34-28)36-15-17-5-6-18(16-36)31-17/h2-4,7,10,17-19,31H,5-6,8-9,11-16H2,1H3,(H2,29,32). The number of nitrogens with zero attached hydrogens (tertiary/aromatic N) is 6. The highest BCUT2D eigenvalue weighted by molar-refractivity contribution is 7.90. The Bertz CT molecular complexity index is 1710. The highest BCUT2D eigenvalue weighted by Gasteiger charge is 2.34. The Hall–Kier alpha value is -3.75. The van der Waals surface area contributed by atoms with Crippen molar-refractivity contribution in [1.29, 1.82) is 0 Å². The zero-order chi connectivity index (χ0) is 28.8. The van der Waals surface area contributed by atoms with Crippen molar-refractivity contribution in [2.75, 3.05) is 55.4 Å². The van der Waals surface area contributed by atoms with E-state index in [1.54, 1.807) is 18.3 Å². The highest BCUT2D eigenvalue weighted by atomic mass is 32.2. The molecule has 2 bridgehead atoms. The minimum atomic E-state index is -3.00. The van der Waals surface area contributed by atoms with E-state index in [1.807, 2.05) is 12.1 Å². The zero-order valence-electron chi connectivity index (χ0n) is 23.4. The molecule has 0 spiro atoms. The van der Waals surface area contributed by atoms with Crippen molar-refractivity contribution in [3.05, 3.63) is 30.5 Å². The Morgan fingerprint density at radius 2 is 1.81 bits per heavy atom. The van der Waals surface area contributed by atoms with E-state index in [2.05, 4.69) is 20.1 Å². The molecule has 0 amide bonds. The molecule has 0 radical (unpaired) electrons. The molecule has 1 aromatic carbocycles. The van der Waals surface area contributed by atoms with Crippen molar-refractivity contribution in [1.82, 2.24) is 30.2 Å². The topological polar surface area (TPSA) is 162 Å². The second-order valence-corrected chi connectivity index (χ2v) is 13.7. The smallest absolute Gasteiger partial charge is 0.319 e. The molecular weight excluding hydrogens is 560 g/mol. The van der Waals surface area contributed by atoms with E-state index < -0.39 is 9.84 Å². The molecular formula is C28H34N8O5S. The normalized spacial score (nSPS) is 21.8. The minimum Gasteiger partial charge on any atom is -0.460 e. The number of sulfone groups is 1. The molecule has 13 nitrogen and oxygen atoms in total. The molecule has 3 fully saturated rings. The van der Waals surface area contributed by atoms with Gasteiger partial charge in [0.25, 0.3) is 6.01 Å². The monoisotopic (exact) mass is 594 g/mol. The van der Waals surface area contributed by atoms with Gasteiger partial charge in [0.05, 0.1) is 5.75 Å². The molecule has 7 rings (SSSR count). The zero-order valence-corrected chi connectivity index (χ0v) is 24.2. The molecule has 2 unspecified atom stereocenters. The number of nitrogens with two attached hydrogens (primary N) is 1. The lowest BCUT2D eigenvalue weighted by atomic mass is 10.1. The number of aromatic nitrogens is 4. The maximum Gasteiger partial charge on any atom is 0.319 e. The first-order valence-electron chi connectivity index (χ1n) is 14.3. The number of rotatable bonds is 8. The van der Waals surface area contributed by atoms with Gasteiger partial charge in [-0.05, 0) is 37.8 Å². The van der Waals surface area contributed by atoms with Gasteiger partial charge in [-0.1, -0.05) is 6.07 Å². The summed E-state index contributed by atoms with van der Waals surface area (Å²) in [5.41, 5.74) is 8.04. The van der Waals surface area contributed by atoms with Gasteiger partial charge in [-0.3, -0.25) is 4.98 Å². The maximum absolute atomic E-state index is 11.6. The predicted octanol–water partition coefficient (Wildman–Crippen LogP) is 2.37. The van der Waals surface area contributed by atoms with Crippen LogP contribution in [0.5, 0.6) is 17.5 Å². The number of nitrogens with one attached hydrogen (secondary N) is 1. The van der Waals surface area contributed by atoms with Crippen molar-refractivity contribution in [2.24, 2.45) is 0 Å². The summed E-state index contributed by atoms with van der Waals surface area (Å²) in [5.74, 6) is 1.84. The van der Waals surface area contributed by atoms with Crippen LogP contribution in [0.15, 0.2) is 34.9 Å². The van der Waals surface area contributed by atoms with Crippen LogP contribution in [-0.4, -0.2) is 96.2 Å². The molecule has 6 heterocycles. The number of piperazine rings is 1. The number of benzene rings is 1. The maximum atomic E-state index is 11.6. The Kier molecular flexibility index (Phi) is 6.98. The van der Waals surface area contributed by atoms with Gasteiger partial charge in [-0.15, -0.1) is 0 Å². The number of para-hydroxylation sites is 1. The van der Waals surface area contributed by atoms with E-state index >= 15 is 0 Å². The molecule has 3 saturated heterocycles. The Morgan fingerprint density at radius 1 is 1.02 bits per heavy atom. The van der Waals surface area contributed by atoms with E-state index in [0.29, 0.717) is 52.3 Å². The van der Waals surface area contributed by atoms with Crippen LogP contribution in [0.3, 0.4) is 0 Å². The summed E-state index contributed by atoms with van der Waals surface area (Å²) < 4.78 is 41.6. The van der Waals surface area contributed by atoms with Gasteiger partial charge in [0.15, 0.2) is 22.9 Å². The van der Waals surface area contributed by atoms with Crippen LogP contribution in [0.1, 0.15) is 25.7 Å². The largest absolute Gasteiger partial charge is 0.460 e. The molecule has 0 aliphatic carbocycles. The van der Waals surface area contributed by atoms with Crippen LogP contribution in [0.2, 0.25) is 0 Å².